The summed E-state index contributed by atoms with van der Waals surface area (Å²) in [5.74, 6) is 6.56. The Kier molecular flexibility index (Phi) is 6.39. The molecule has 0 aromatic heterocycles. The predicted molar refractivity (Wildman–Crippen MR) is 69.9 cm³/mol. The maximum Gasteiger partial charge on any atom is 0.108 e. The zero-order valence-electron chi connectivity index (χ0n) is 10.6. The molecule has 2 heteroatoms. The van der Waals surface area contributed by atoms with E-state index in [1.54, 1.807) is 0 Å². The second-order valence-electron chi connectivity index (χ2n) is 4.21. The molecule has 1 aromatic carbocycles. The maximum absolute atomic E-state index is 8.56. The van der Waals surface area contributed by atoms with Gasteiger partial charge in [0.2, 0.25) is 0 Å². The van der Waals surface area contributed by atoms with E-state index in [1.165, 1.54) is 5.56 Å². The molecule has 0 aliphatic carbocycles. The summed E-state index contributed by atoms with van der Waals surface area (Å²) in [6.45, 7) is 5.51. The first kappa shape index (κ1) is 13.8. The number of hydrogen-bond acceptors (Lipinski definition) is 2. The summed E-state index contributed by atoms with van der Waals surface area (Å²) in [5, 5.41) is 8.56. The zero-order chi connectivity index (χ0) is 12.5. The lowest BCUT2D eigenvalue weighted by atomic mass is 10.0. The summed E-state index contributed by atoms with van der Waals surface area (Å²) < 4.78 is 5.22. The van der Waals surface area contributed by atoms with E-state index in [-0.39, 0.29) is 6.61 Å². The highest BCUT2D eigenvalue weighted by Crippen LogP contribution is 2.13. The van der Waals surface area contributed by atoms with Gasteiger partial charge in [-0.2, -0.15) is 0 Å². The van der Waals surface area contributed by atoms with Gasteiger partial charge in [-0.1, -0.05) is 37.8 Å². The van der Waals surface area contributed by atoms with Gasteiger partial charge in [-0.25, -0.2) is 0 Å². The van der Waals surface area contributed by atoms with Crippen LogP contribution in [0.4, 0.5) is 0 Å². The van der Waals surface area contributed by atoms with Gasteiger partial charge >= 0.3 is 0 Å². The molecular formula is C15H20O2. The maximum atomic E-state index is 8.56. The first-order valence-electron chi connectivity index (χ1n) is 6.01. The molecule has 1 aromatic rings. The average molecular weight is 232 g/mol. The topological polar surface area (TPSA) is 29.5 Å². The third kappa shape index (κ3) is 5.53. The Morgan fingerprint density at radius 1 is 1.24 bits per heavy atom. The van der Waals surface area contributed by atoms with E-state index in [0.717, 1.165) is 5.56 Å². The molecule has 17 heavy (non-hydrogen) atoms. The standard InChI is InChI=1S/C15H20O2/c1-13(2)15-8-6-14(7-9-15)5-3-11-17-12-4-10-16/h6-9,13,16H,4,10-12H2,1-2H3. The molecular weight excluding hydrogens is 212 g/mol. The second-order valence-corrected chi connectivity index (χ2v) is 4.21. The summed E-state index contributed by atoms with van der Waals surface area (Å²) in [6, 6.07) is 8.30. The van der Waals surface area contributed by atoms with E-state index in [0.29, 0.717) is 25.6 Å². The van der Waals surface area contributed by atoms with Crippen LogP contribution in [0.2, 0.25) is 0 Å². The fourth-order valence-electron chi connectivity index (χ4n) is 1.38. The summed E-state index contributed by atoms with van der Waals surface area (Å²) in [5.41, 5.74) is 2.34. The molecule has 0 heterocycles. The van der Waals surface area contributed by atoms with Gasteiger partial charge < -0.3 is 9.84 Å². The van der Waals surface area contributed by atoms with Crippen LogP contribution in [0.1, 0.15) is 37.3 Å². The number of benzene rings is 1. The molecule has 1 rings (SSSR count). The zero-order valence-corrected chi connectivity index (χ0v) is 10.6. The van der Waals surface area contributed by atoms with Crippen LogP contribution in [0.3, 0.4) is 0 Å². The molecule has 0 radical (unpaired) electrons. The van der Waals surface area contributed by atoms with E-state index in [9.17, 15) is 0 Å². The van der Waals surface area contributed by atoms with Gasteiger partial charge in [-0.05, 0) is 30.0 Å². The lowest BCUT2D eigenvalue weighted by Crippen LogP contribution is -1.96. The smallest absolute Gasteiger partial charge is 0.108 e. The summed E-state index contributed by atoms with van der Waals surface area (Å²) in [4.78, 5) is 0. The van der Waals surface area contributed by atoms with Crippen molar-refractivity contribution in [1.82, 2.24) is 0 Å². The van der Waals surface area contributed by atoms with Crippen LogP contribution >= 0.6 is 0 Å². The summed E-state index contributed by atoms with van der Waals surface area (Å²) in [7, 11) is 0. The molecule has 0 unspecified atom stereocenters. The SMILES string of the molecule is CC(C)c1ccc(C#CCOCCCO)cc1. The minimum absolute atomic E-state index is 0.171. The molecule has 0 saturated heterocycles. The highest BCUT2D eigenvalue weighted by molar-refractivity contribution is 5.36. The van der Waals surface area contributed by atoms with Crippen LogP contribution in [0.25, 0.3) is 0 Å². The van der Waals surface area contributed by atoms with Crippen LogP contribution in [-0.2, 0) is 4.74 Å². The highest BCUT2D eigenvalue weighted by Gasteiger charge is 1.96. The van der Waals surface area contributed by atoms with Crippen molar-refractivity contribution >= 4 is 0 Å². The minimum Gasteiger partial charge on any atom is -0.396 e. The molecule has 0 bridgehead atoms. The Hall–Kier alpha value is -1.30. The molecule has 0 saturated carbocycles. The van der Waals surface area contributed by atoms with Crippen molar-refractivity contribution < 1.29 is 9.84 Å². The Bertz CT molecular complexity index is 368. The molecule has 0 aliphatic heterocycles. The number of aliphatic hydroxyl groups is 1. The average Bonchev–Trinajstić information content (AvgIpc) is 2.34. The second kappa shape index (κ2) is 7.89. The highest BCUT2D eigenvalue weighted by atomic mass is 16.5. The van der Waals surface area contributed by atoms with Crippen molar-refractivity contribution in [2.75, 3.05) is 19.8 Å². The van der Waals surface area contributed by atoms with E-state index >= 15 is 0 Å². The van der Waals surface area contributed by atoms with E-state index in [1.807, 2.05) is 12.1 Å². The van der Waals surface area contributed by atoms with Gasteiger partial charge in [0.1, 0.15) is 6.61 Å². The lowest BCUT2D eigenvalue weighted by Gasteiger charge is -2.03. The molecule has 0 atom stereocenters. The van der Waals surface area contributed by atoms with Gasteiger partial charge in [-0.3, -0.25) is 0 Å². The van der Waals surface area contributed by atoms with Crippen molar-refractivity contribution in [3.63, 3.8) is 0 Å². The summed E-state index contributed by atoms with van der Waals surface area (Å²) >= 11 is 0. The molecule has 92 valence electrons. The fourth-order valence-corrected chi connectivity index (χ4v) is 1.38. The van der Waals surface area contributed by atoms with Gasteiger partial charge in [-0.15, -0.1) is 0 Å². The molecule has 1 N–H and O–H groups in total. The molecule has 2 nitrogen and oxygen atoms in total. The van der Waals surface area contributed by atoms with Gasteiger partial charge in [0.25, 0.3) is 0 Å². The van der Waals surface area contributed by atoms with Crippen molar-refractivity contribution in [3.8, 4) is 11.8 Å². The van der Waals surface area contributed by atoms with Crippen LogP contribution in [-0.4, -0.2) is 24.9 Å². The Morgan fingerprint density at radius 2 is 1.94 bits per heavy atom. The van der Waals surface area contributed by atoms with E-state index in [4.69, 9.17) is 9.84 Å². The van der Waals surface area contributed by atoms with Crippen LogP contribution in [0.5, 0.6) is 0 Å². The first-order chi connectivity index (χ1) is 8.24. The van der Waals surface area contributed by atoms with Crippen molar-refractivity contribution in [2.24, 2.45) is 0 Å². The van der Waals surface area contributed by atoms with Crippen LogP contribution in [0, 0.1) is 11.8 Å². The minimum atomic E-state index is 0.171. The first-order valence-corrected chi connectivity index (χ1v) is 6.01. The van der Waals surface area contributed by atoms with Crippen molar-refractivity contribution in [1.29, 1.82) is 0 Å². The Morgan fingerprint density at radius 3 is 2.53 bits per heavy atom. The Labute approximate surface area is 104 Å². The van der Waals surface area contributed by atoms with E-state index in [2.05, 4.69) is 37.8 Å². The van der Waals surface area contributed by atoms with Gasteiger partial charge in [0.15, 0.2) is 0 Å². The third-order valence-electron chi connectivity index (χ3n) is 2.43. The van der Waals surface area contributed by atoms with Crippen LogP contribution < -0.4 is 0 Å². The quantitative estimate of drug-likeness (QED) is 0.624. The number of hydrogen-bond donors (Lipinski definition) is 1. The van der Waals surface area contributed by atoms with Crippen molar-refractivity contribution in [2.45, 2.75) is 26.2 Å². The molecule has 0 fully saturated rings. The fraction of sp³-hybridized carbons (Fsp3) is 0.467. The number of rotatable bonds is 5. The number of aliphatic hydroxyl groups excluding tert-OH is 1. The van der Waals surface area contributed by atoms with E-state index < -0.39 is 0 Å². The summed E-state index contributed by atoms with van der Waals surface area (Å²) in [6.07, 6.45) is 0.671. The number of ether oxygens (including phenoxy) is 1. The monoisotopic (exact) mass is 232 g/mol. The van der Waals surface area contributed by atoms with Gasteiger partial charge in [0.05, 0.1) is 6.61 Å². The molecule has 0 spiro atoms. The molecule has 0 aliphatic rings. The Balaban J connectivity index is 2.38. The normalized spacial score (nSPS) is 10.1. The van der Waals surface area contributed by atoms with Crippen molar-refractivity contribution in [3.05, 3.63) is 35.4 Å². The lowest BCUT2D eigenvalue weighted by molar-refractivity contribution is 0.142. The van der Waals surface area contributed by atoms with Gasteiger partial charge in [0, 0.05) is 12.2 Å². The predicted octanol–water partition coefficient (Wildman–Crippen LogP) is 2.56. The third-order valence-corrected chi connectivity index (χ3v) is 2.43. The molecule has 0 amide bonds. The van der Waals surface area contributed by atoms with Crippen LogP contribution in [0.15, 0.2) is 24.3 Å². The largest absolute Gasteiger partial charge is 0.396 e.